The van der Waals surface area contributed by atoms with Crippen LogP contribution < -0.4 is 15.9 Å². The number of nitrogens with zero attached hydrogens (tertiary/aromatic N) is 1. The van der Waals surface area contributed by atoms with Crippen LogP contribution in [0.15, 0.2) is 84.9 Å². The zero-order valence-corrected chi connectivity index (χ0v) is 28.7. The van der Waals surface area contributed by atoms with Gasteiger partial charge in [0.05, 0.1) is 19.3 Å². The number of hydrogen-bond acceptors (Lipinski definition) is 1. The Labute approximate surface area is 265 Å². The molecule has 0 bridgehead atoms. The molecule has 0 spiro atoms. The molecular formula is C39H45NP2S. The Morgan fingerprint density at radius 1 is 0.605 bits per heavy atom. The predicted octanol–water partition coefficient (Wildman–Crippen LogP) is 11.0. The van der Waals surface area contributed by atoms with E-state index in [-0.39, 0.29) is 7.92 Å². The van der Waals surface area contributed by atoms with E-state index in [0.29, 0.717) is 0 Å². The van der Waals surface area contributed by atoms with E-state index in [1.54, 1.807) is 15.7 Å². The highest BCUT2D eigenvalue weighted by molar-refractivity contribution is 7.72. The Bertz CT molecular complexity index is 1620. The summed E-state index contributed by atoms with van der Waals surface area (Å²) in [5.41, 5.74) is 7.72. The van der Waals surface area contributed by atoms with Crippen LogP contribution in [0.25, 0.3) is 22.2 Å². The minimum Gasteiger partial charge on any atom is -0.310 e. The smallest absolute Gasteiger partial charge is 0.0599 e. The number of aryl methyl sites for hydroxylation is 3. The van der Waals surface area contributed by atoms with E-state index >= 15 is 0 Å². The average Bonchev–Trinajstić information content (AvgIpc) is 3.50. The van der Waals surface area contributed by atoms with Gasteiger partial charge in [-0.05, 0) is 74.7 Å². The fourth-order valence-corrected chi connectivity index (χ4v) is 16.1. The number of benzene rings is 3. The summed E-state index contributed by atoms with van der Waals surface area (Å²) in [5.74, 6) is 0. The lowest BCUT2D eigenvalue weighted by atomic mass is 9.99. The first-order chi connectivity index (χ1) is 21.1. The Balaban J connectivity index is 1.52. The van der Waals surface area contributed by atoms with Crippen molar-refractivity contribution in [2.24, 2.45) is 0 Å². The van der Waals surface area contributed by atoms with E-state index in [1.165, 1.54) is 102 Å². The van der Waals surface area contributed by atoms with E-state index in [0.717, 1.165) is 11.3 Å². The summed E-state index contributed by atoms with van der Waals surface area (Å²) in [6.07, 6.45) is 14.4. The van der Waals surface area contributed by atoms with E-state index in [2.05, 4.69) is 121 Å². The summed E-state index contributed by atoms with van der Waals surface area (Å²) in [5, 5.41) is 6.03. The normalized spacial score (nSPS) is 17.0. The Kier molecular flexibility index (Phi) is 8.92. The molecule has 0 radical (unpaired) electrons. The maximum absolute atomic E-state index is 2.80. The SMILES string of the molecule is Cc1sc(C)c(P(C2CCCCC2)C2CCCCC2)c1-c1c(C)c2ccccc2n1P(c1ccccc1)c1ccccc1. The third-order valence-electron chi connectivity index (χ3n) is 9.96. The fourth-order valence-electron chi connectivity index (χ4n) is 8.05. The molecule has 2 aliphatic carbocycles. The van der Waals surface area contributed by atoms with Crippen molar-refractivity contribution in [3.05, 3.63) is 100 Å². The number of hydrogen-bond donors (Lipinski definition) is 0. The molecule has 0 saturated heterocycles. The van der Waals surface area contributed by atoms with Gasteiger partial charge < -0.3 is 4.34 Å². The summed E-state index contributed by atoms with van der Waals surface area (Å²) in [4.78, 5) is 3.13. The molecule has 3 aromatic carbocycles. The van der Waals surface area contributed by atoms with Crippen molar-refractivity contribution in [3.8, 4) is 11.3 Å². The third kappa shape index (κ3) is 5.58. The predicted molar refractivity (Wildman–Crippen MR) is 194 cm³/mol. The van der Waals surface area contributed by atoms with Gasteiger partial charge in [-0.15, -0.1) is 11.3 Å². The standard InChI is InChI=1S/C39H45NP2S/c1-28-35-26-16-17-27-36(35)40(42(33-22-12-6-13-23-33)34-24-14-7-15-25-34)38(28)37-29(2)43-30(3)39(37)41(31-18-8-4-9-19-31)32-20-10-5-11-21-32/h6-7,12-17,22-27,31-32H,4-5,8-11,18-21H2,1-3H3. The maximum Gasteiger partial charge on any atom is 0.0599 e. The van der Waals surface area contributed by atoms with Crippen LogP contribution in [0, 0.1) is 20.8 Å². The lowest BCUT2D eigenvalue weighted by Gasteiger charge is -2.39. The number of aromatic nitrogens is 1. The summed E-state index contributed by atoms with van der Waals surface area (Å²) < 4.78 is 2.80. The summed E-state index contributed by atoms with van der Waals surface area (Å²) in [6.45, 7) is 7.31. The summed E-state index contributed by atoms with van der Waals surface area (Å²) >= 11 is 2.09. The van der Waals surface area contributed by atoms with Gasteiger partial charge >= 0.3 is 0 Å². The van der Waals surface area contributed by atoms with E-state index in [1.807, 2.05) is 0 Å². The molecule has 2 fully saturated rings. The zero-order chi connectivity index (χ0) is 29.3. The number of fused-ring (bicyclic) bond motifs is 1. The van der Waals surface area contributed by atoms with Crippen molar-refractivity contribution < 1.29 is 0 Å². The van der Waals surface area contributed by atoms with Crippen molar-refractivity contribution in [1.82, 2.24) is 4.34 Å². The molecule has 0 amide bonds. The van der Waals surface area contributed by atoms with Crippen molar-refractivity contribution in [3.63, 3.8) is 0 Å². The molecule has 2 aromatic heterocycles. The summed E-state index contributed by atoms with van der Waals surface area (Å²) in [7, 11) is -1.02. The largest absolute Gasteiger partial charge is 0.310 e. The summed E-state index contributed by atoms with van der Waals surface area (Å²) in [6, 6.07) is 31.9. The minimum atomic E-state index is -0.805. The van der Waals surface area contributed by atoms with Crippen LogP contribution in [0.4, 0.5) is 0 Å². The average molecular weight is 622 g/mol. The molecule has 1 nitrogen and oxygen atoms in total. The minimum absolute atomic E-state index is 0.214. The van der Waals surface area contributed by atoms with Gasteiger partial charge in [-0.25, -0.2) is 0 Å². The third-order valence-corrected chi connectivity index (χ3v) is 17.2. The Hall–Kier alpha value is -2.24. The molecule has 7 rings (SSSR count). The second-order valence-electron chi connectivity index (χ2n) is 12.7. The molecule has 4 heteroatoms. The number of thiophene rings is 1. The molecule has 2 heterocycles. The van der Waals surface area contributed by atoms with Gasteiger partial charge in [0.1, 0.15) is 0 Å². The van der Waals surface area contributed by atoms with Gasteiger partial charge in [-0.2, -0.15) is 0 Å². The first-order valence-corrected chi connectivity index (χ1v) is 20.1. The molecule has 2 aliphatic rings. The second-order valence-corrected chi connectivity index (χ2v) is 18.9. The van der Waals surface area contributed by atoms with Gasteiger partial charge in [0.25, 0.3) is 0 Å². The fraction of sp³-hybridized carbons (Fsp3) is 0.385. The highest BCUT2D eigenvalue weighted by atomic mass is 32.1. The zero-order valence-electron chi connectivity index (χ0n) is 26.1. The molecule has 0 unspecified atom stereocenters. The van der Waals surface area contributed by atoms with Crippen LogP contribution >= 0.6 is 27.3 Å². The van der Waals surface area contributed by atoms with Crippen LogP contribution in [0.5, 0.6) is 0 Å². The van der Waals surface area contributed by atoms with E-state index < -0.39 is 8.07 Å². The van der Waals surface area contributed by atoms with Gasteiger partial charge in [-0.3, -0.25) is 0 Å². The number of rotatable bonds is 7. The van der Waals surface area contributed by atoms with Crippen molar-refractivity contribution in [1.29, 1.82) is 0 Å². The first-order valence-electron chi connectivity index (χ1n) is 16.5. The van der Waals surface area contributed by atoms with Crippen LogP contribution in [0.1, 0.15) is 79.5 Å². The molecule has 0 atom stereocenters. The van der Waals surface area contributed by atoms with Gasteiger partial charge in [0.2, 0.25) is 0 Å². The highest BCUT2D eigenvalue weighted by Gasteiger charge is 2.38. The molecule has 2 saturated carbocycles. The maximum atomic E-state index is 2.80. The second kappa shape index (κ2) is 13.0. The van der Waals surface area contributed by atoms with Crippen LogP contribution in [-0.4, -0.2) is 15.7 Å². The Morgan fingerprint density at radius 2 is 1.12 bits per heavy atom. The lowest BCUT2D eigenvalue weighted by molar-refractivity contribution is 0.487. The Morgan fingerprint density at radius 3 is 1.67 bits per heavy atom. The van der Waals surface area contributed by atoms with Crippen LogP contribution in [0.3, 0.4) is 0 Å². The first kappa shape index (κ1) is 29.5. The molecular weight excluding hydrogens is 576 g/mol. The van der Waals surface area contributed by atoms with Crippen LogP contribution in [-0.2, 0) is 0 Å². The monoisotopic (exact) mass is 621 g/mol. The molecule has 0 N–H and O–H groups in total. The lowest BCUT2D eigenvalue weighted by Crippen LogP contribution is -2.28. The van der Waals surface area contributed by atoms with Gasteiger partial charge in [-0.1, -0.05) is 125 Å². The topological polar surface area (TPSA) is 4.93 Å². The van der Waals surface area contributed by atoms with Crippen molar-refractivity contribution in [2.75, 3.05) is 0 Å². The number of para-hydroxylation sites is 1. The van der Waals surface area contributed by atoms with E-state index in [9.17, 15) is 0 Å². The molecule has 222 valence electrons. The van der Waals surface area contributed by atoms with Crippen LogP contribution in [0.2, 0.25) is 0 Å². The molecule has 5 aromatic rings. The van der Waals surface area contributed by atoms with Gasteiger partial charge in [0, 0.05) is 31.3 Å². The van der Waals surface area contributed by atoms with Gasteiger partial charge in [0.15, 0.2) is 0 Å². The van der Waals surface area contributed by atoms with Crippen molar-refractivity contribution in [2.45, 2.75) is 96.3 Å². The van der Waals surface area contributed by atoms with E-state index in [4.69, 9.17) is 0 Å². The van der Waals surface area contributed by atoms with Crippen molar-refractivity contribution >= 4 is 54.1 Å². The highest BCUT2D eigenvalue weighted by Crippen LogP contribution is 2.59. The quantitative estimate of drug-likeness (QED) is 0.159. The molecule has 43 heavy (non-hydrogen) atoms. The molecule has 0 aliphatic heterocycles.